The maximum atomic E-state index is 13.9. The van der Waals surface area contributed by atoms with Crippen LogP contribution in [0.25, 0.3) is 0 Å². The maximum absolute atomic E-state index is 13.9. The van der Waals surface area contributed by atoms with Crippen molar-refractivity contribution >= 4 is 40.7 Å². The number of amides is 2. The lowest BCUT2D eigenvalue weighted by atomic mass is 9.98. The van der Waals surface area contributed by atoms with Crippen molar-refractivity contribution < 1.29 is 27.5 Å². The predicted octanol–water partition coefficient (Wildman–Crippen LogP) is 6.16. The molecule has 0 radical (unpaired) electrons. The van der Waals surface area contributed by atoms with Crippen molar-refractivity contribution in [3.05, 3.63) is 105 Å². The van der Waals surface area contributed by atoms with E-state index in [0.717, 1.165) is 29.8 Å². The Morgan fingerprint density at radius 1 is 0.953 bits per heavy atom. The lowest BCUT2D eigenvalue weighted by molar-refractivity contribution is -0.137. The summed E-state index contributed by atoms with van der Waals surface area (Å²) in [6.45, 7) is 2.79. The molecule has 2 amide bonds. The van der Waals surface area contributed by atoms with Crippen LogP contribution in [-0.2, 0) is 15.7 Å². The van der Waals surface area contributed by atoms with Gasteiger partial charge in [-0.15, -0.1) is 0 Å². The van der Waals surface area contributed by atoms with Gasteiger partial charge in [0.15, 0.2) is 0 Å². The van der Waals surface area contributed by atoms with Crippen molar-refractivity contribution in [3.8, 4) is 0 Å². The number of halogens is 5. The first-order chi connectivity index (χ1) is 20.6. The lowest BCUT2D eigenvalue weighted by Gasteiger charge is -2.31. The normalized spacial score (nSPS) is 17.6. The number of ether oxygens (including phenoxy) is 1. The molecule has 0 aromatic heterocycles. The number of nitrogens with zero attached hydrogens (tertiary/aromatic N) is 4. The van der Waals surface area contributed by atoms with Gasteiger partial charge in [0.1, 0.15) is 6.54 Å². The maximum Gasteiger partial charge on any atom is 0.416 e. The molecular weight excluding hydrogens is 604 g/mol. The van der Waals surface area contributed by atoms with Gasteiger partial charge in [-0.25, -0.2) is 5.01 Å². The van der Waals surface area contributed by atoms with Crippen molar-refractivity contribution in [2.45, 2.75) is 18.6 Å². The van der Waals surface area contributed by atoms with Crippen molar-refractivity contribution in [1.82, 2.24) is 14.8 Å². The fourth-order valence-corrected chi connectivity index (χ4v) is 5.47. The van der Waals surface area contributed by atoms with E-state index in [9.17, 15) is 22.8 Å². The number of morpholine rings is 1. The van der Waals surface area contributed by atoms with Gasteiger partial charge in [0, 0.05) is 53.8 Å². The summed E-state index contributed by atoms with van der Waals surface area (Å²) in [6, 6.07) is 17.9. The van der Waals surface area contributed by atoms with Gasteiger partial charge < -0.3 is 9.64 Å². The molecule has 12 heteroatoms. The Labute approximate surface area is 257 Å². The van der Waals surface area contributed by atoms with Gasteiger partial charge in [0.25, 0.3) is 11.8 Å². The zero-order chi connectivity index (χ0) is 30.6. The molecular formula is C31H29Cl2F3N4O3. The summed E-state index contributed by atoms with van der Waals surface area (Å²) < 4.78 is 44.8. The fraction of sp³-hybridized carbons (Fsp3) is 0.323. The Morgan fingerprint density at radius 3 is 2.28 bits per heavy atom. The van der Waals surface area contributed by atoms with Crippen LogP contribution in [0.3, 0.4) is 0 Å². The summed E-state index contributed by atoms with van der Waals surface area (Å²) in [7, 11) is 0. The fourth-order valence-electron chi connectivity index (χ4n) is 5.10. The lowest BCUT2D eigenvalue weighted by Crippen LogP contribution is -2.46. The number of hydrazone groups is 1. The third-order valence-corrected chi connectivity index (χ3v) is 8.05. The van der Waals surface area contributed by atoms with Crippen molar-refractivity contribution in [1.29, 1.82) is 0 Å². The topological polar surface area (TPSA) is 65.5 Å². The molecule has 5 rings (SSSR count). The van der Waals surface area contributed by atoms with Gasteiger partial charge in [0.2, 0.25) is 0 Å². The summed E-state index contributed by atoms with van der Waals surface area (Å²) >= 11 is 12.6. The van der Waals surface area contributed by atoms with Crippen LogP contribution in [0.5, 0.6) is 0 Å². The van der Waals surface area contributed by atoms with Gasteiger partial charge in [0.05, 0.1) is 30.5 Å². The van der Waals surface area contributed by atoms with E-state index < -0.39 is 29.6 Å². The predicted molar refractivity (Wildman–Crippen MR) is 158 cm³/mol. The minimum Gasteiger partial charge on any atom is -0.379 e. The van der Waals surface area contributed by atoms with Gasteiger partial charge in [-0.05, 0) is 48.0 Å². The molecule has 43 heavy (non-hydrogen) atoms. The number of hydrogen-bond acceptors (Lipinski definition) is 5. The Kier molecular flexibility index (Phi) is 9.71. The van der Waals surface area contributed by atoms with Gasteiger partial charge in [-0.2, -0.15) is 18.3 Å². The highest BCUT2D eigenvalue weighted by atomic mass is 35.5. The second-order valence-electron chi connectivity index (χ2n) is 10.3. The minimum atomic E-state index is -4.53. The molecule has 1 saturated heterocycles. The average molecular weight is 633 g/mol. The Hall–Kier alpha value is -3.44. The van der Waals surface area contributed by atoms with Crippen molar-refractivity contribution in [3.63, 3.8) is 0 Å². The average Bonchev–Trinajstić information content (AvgIpc) is 3.45. The molecule has 7 nitrogen and oxygen atoms in total. The van der Waals surface area contributed by atoms with Gasteiger partial charge in [-0.3, -0.25) is 14.5 Å². The Morgan fingerprint density at radius 2 is 1.63 bits per heavy atom. The van der Waals surface area contributed by atoms with E-state index in [1.165, 1.54) is 9.91 Å². The van der Waals surface area contributed by atoms with E-state index in [2.05, 4.69) is 10.0 Å². The number of hydrogen-bond donors (Lipinski definition) is 0. The van der Waals surface area contributed by atoms with Crippen molar-refractivity contribution in [2.75, 3.05) is 45.9 Å². The van der Waals surface area contributed by atoms with E-state index >= 15 is 0 Å². The molecule has 2 aliphatic rings. The molecule has 1 fully saturated rings. The summed E-state index contributed by atoms with van der Waals surface area (Å²) in [4.78, 5) is 31.0. The Balaban J connectivity index is 1.42. The molecule has 2 heterocycles. The second-order valence-corrected chi connectivity index (χ2v) is 11.1. The van der Waals surface area contributed by atoms with E-state index in [4.69, 9.17) is 27.9 Å². The van der Waals surface area contributed by atoms with Crippen LogP contribution in [0.1, 0.15) is 39.5 Å². The zero-order valence-corrected chi connectivity index (χ0v) is 24.6. The third kappa shape index (κ3) is 7.56. The molecule has 226 valence electrons. The first kappa shape index (κ1) is 31.0. The van der Waals surface area contributed by atoms with Crippen LogP contribution >= 0.6 is 23.2 Å². The molecule has 1 atom stereocenters. The highest BCUT2D eigenvalue weighted by molar-refractivity contribution is 6.34. The molecule has 0 spiro atoms. The Bertz CT molecular complexity index is 1480. The van der Waals surface area contributed by atoms with E-state index in [1.54, 1.807) is 24.3 Å². The number of alkyl halides is 3. The largest absolute Gasteiger partial charge is 0.416 e. The van der Waals surface area contributed by atoms with E-state index in [-0.39, 0.29) is 18.7 Å². The standard InChI is InChI=1S/C31H29Cl2F3N4O3/c32-24-11-7-21(8-12-24)28-19-27(25-3-1-2-4-26(25)33)37-40(28)29(41)20-39(14-13-38-15-17-43-18-16-38)30(42)22-5-9-23(10-6-22)31(34,35)36/h1-12,28H,13-20H2. The van der Waals surface area contributed by atoms with Crippen molar-refractivity contribution in [2.24, 2.45) is 5.10 Å². The smallest absolute Gasteiger partial charge is 0.379 e. The highest BCUT2D eigenvalue weighted by Gasteiger charge is 2.35. The second kappa shape index (κ2) is 13.5. The molecule has 0 aliphatic carbocycles. The molecule has 3 aromatic rings. The molecule has 3 aromatic carbocycles. The van der Waals surface area contributed by atoms with Crippen LogP contribution in [0.15, 0.2) is 77.9 Å². The van der Waals surface area contributed by atoms with Crippen LogP contribution in [0.2, 0.25) is 10.0 Å². The first-order valence-electron chi connectivity index (χ1n) is 13.8. The molecule has 0 bridgehead atoms. The monoisotopic (exact) mass is 632 g/mol. The summed E-state index contributed by atoms with van der Waals surface area (Å²) in [5.74, 6) is -0.989. The van der Waals surface area contributed by atoms with Crippen LogP contribution in [0, 0.1) is 0 Å². The number of carbonyl (C=O) groups is 2. The van der Waals surface area contributed by atoms with E-state index in [0.29, 0.717) is 60.6 Å². The van der Waals surface area contributed by atoms with Crippen LogP contribution in [-0.4, -0.2) is 78.3 Å². The van der Waals surface area contributed by atoms with Crippen LogP contribution in [0.4, 0.5) is 13.2 Å². The minimum absolute atomic E-state index is 0.0544. The molecule has 2 aliphatic heterocycles. The first-order valence-corrected chi connectivity index (χ1v) is 14.5. The molecule has 0 N–H and O–H groups in total. The molecule has 1 unspecified atom stereocenters. The summed E-state index contributed by atoms with van der Waals surface area (Å²) in [6.07, 6.45) is -4.14. The van der Waals surface area contributed by atoms with Gasteiger partial charge in [-0.1, -0.05) is 53.5 Å². The SMILES string of the molecule is O=C(c1ccc(C(F)(F)F)cc1)N(CCN1CCOCC1)CC(=O)N1N=C(c2ccccc2Cl)CC1c1ccc(Cl)cc1. The highest BCUT2D eigenvalue weighted by Crippen LogP contribution is 2.35. The zero-order valence-electron chi connectivity index (χ0n) is 23.1. The van der Waals surface area contributed by atoms with Crippen LogP contribution < -0.4 is 0 Å². The quantitative estimate of drug-likeness (QED) is 0.298. The number of benzene rings is 3. The van der Waals surface area contributed by atoms with E-state index in [1.807, 2.05) is 24.3 Å². The number of carbonyl (C=O) groups excluding carboxylic acids is 2. The summed E-state index contributed by atoms with van der Waals surface area (Å²) in [5, 5.41) is 7.07. The summed E-state index contributed by atoms with van der Waals surface area (Å²) in [5.41, 5.74) is 1.32. The third-order valence-electron chi connectivity index (χ3n) is 7.47. The molecule has 0 saturated carbocycles. The number of rotatable bonds is 8. The van der Waals surface area contributed by atoms with Gasteiger partial charge >= 0.3 is 6.18 Å².